The second-order valence-corrected chi connectivity index (χ2v) is 7.72. The van der Waals surface area contributed by atoms with Gasteiger partial charge in [-0.05, 0) is 55.3 Å². The molecular weight excluding hydrogens is 423 g/mol. The molecule has 1 amide bonds. The summed E-state index contributed by atoms with van der Waals surface area (Å²) in [5.41, 5.74) is 1.69. The largest absolute Gasteiger partial charge is 0.507 e. The fraction of sp³-hybridized carbons (Fsp3) is 0.192. The first-order chi connectivity index (χ1) is 15.9. The summed E-state index contributed by atoms with van der Waals surface area (Å²) in [7, 11) is 0. The molecule has 1 fully saturated rings. The molecule has 1 aliphatic rings. The van der Waals surface area contributed by atoms with Crippen LogP contribution in [-0.4, -0.2) is 33.3 Å². The third-order valence-corrected chi connectivity index (χ3v) is 5.58. The third kappa shape index (κ3) is 4.22. The maximum absolute atomic E-state index is 14.9. The predicted molar refractivity (Wildman–Crippen MR) is 121 cm³/mol. The van der Waals surface area contributed by atoms with Crippen LogP contribution in [0.5, 0.6) is 5.75 Å². The van der Waals surface area contributed by atoms with Gasteiger partial charge in [-0.15, -0.1) is 0 Å². The number of ether oxygens (including phenoxy) is 1. The van der Waals surface area contributed by atoms with Crippen molar-refractivity contribution in [3.63, 3.8) is 0 Å². The van der Waals surface area contributed by atoms with Crippen molar-refractivity contribution in [2.75, 3.05) is 6.61 Å². The topological polar surface area (TPSA) is 79.7 Å². The molecule has 168 valence electrons. The maximum atomic E-state index is 14.9. The third-order valence-electron chi connectivity index (χ3n) is 5.58. The quantitative estimate of drug-likeness (QED) is 0.341. The van der Waals surface area contributed by atoms with Gasteiger partial charge in [0.05, 0.1) is 18.2 Å². The first-order valence-corrected chi connectivity index (χ1v) is 10.6. The molecule has 6 nitrogen and oxygen atoms in total. The first kappa shape index (κ1) is 22.2. The Morgan fingerprint density at radius 2 is 1.94 bits per heavy atom. The molecule has 1 atom stereocenters. The van der Waals surface area contributed by atoms with Gasteiger partial charge in [0.2, 0.25) is 0 Å². The van der Waals surface area contributed by atoms with Crippen LogP contribution in [0.1, 0.15) is 35.2 Å². The molecule has 0 saturated carbocycles. The van der Waals surface area contributed by atoms with Crippen LogP contribution < -0.4 is 4.74 Å². The summed E-state index contributed by atoms with van der Waals surface area (Å²) in [6, 6.07) is 13.4. The van der Waals surface area contributed by atoms with Crippen molar-refractivity contribution in [1.29, 1.82) is 0 Å². The number of aryl methyl sites for hydroxylation is 1. The Balaban J connectivity index is 1.87. The number of benzene rings is 2. The van der Waals surface area contributed by atoms with E-state index in [1.807, 2.05) is 6.92 Å². The number of likely N-dealkylation sites (tertiary alicyclic amines) is 1. The molecule has 7 heteroatoms. The number of carbonyl (C=O) groups excluding carboxylic acids is 2. The minimum Gasteiger partial charge on any atom is -0.507 e. The van der Waals surface area contributed by atoms with Crippen LogP contribution >= 0.6 is 0 Å². The van der Waals surface area contributed by atoms with Crippen LogP contribution in [0.25, 0.3) is 5.76 Å². The lowest BCUT2D eigenvalue weighted by atomic mass is 9.93. The Hall–Kier alpha value is -4.00. The van der Waals surface area contributed by atoms with Crippen molar-refractivity contribution in [2.45, 2.75) is 26.4 Å². The molecule has 1 unspecified atom stereocenters. The minimum absolute atomic E-state index is 0.0381. The molecule has 1 aromatic heterocycles. The molecular formula is C26H23FN2O4. The molecule has 0 bridgehead atoms. The van der Waals surface area contributed by atoms with Gasteiger partial charge in [0.1, 0.15) is 17.3 Å². The molecule has 33 heavy (non-hydrogen) atoms. The number of rotatable bonds is 6. The maximum Gasteiger partial charge on any atom is 0.295 e. The highest BCUT2D eigenvalue weighted by Crippen LogP contribution is 2.41. The van der Waals surface area contributed by atoms with Crippen molar-refractivity contribution < 1.29 is 23.8 Å². The van der Waals surface area contributed by atoms with Crippen LogP contribution in [0.2, 0.25) is 0 Å². The van der Waals surface area contributed by atoms with E-state index in [2.05, 4.69) is 4.98 Å². The van der Waals surface area contributed by atoms with E-state index in [1.165, 1.54) is 23.1 Å². The highest BCUT2D eigenvalue weighted by molar-refractivity contribution is 6.46. The number of pyridine rings is 1. The molecule has 0 spiro atoms. The van der Waals surface area contributed by atoms with Crippen molar-refractivity contribution in [3.8, 4) is 5.75 Å². The summed E-state index contributed by atoms with van der Waals surface area (Å²) in [5, 5.41) is 11.2. The summed E-state index contributed by atoms with van der Waals surface area (Å²) >= 11 is 0. The van der Waals surface area contributed by atoms with Gasteiger partial charge < -0.3 is 14.7 Å². The van der Waals surface area contributed by atoms with Crippen LogP contribution in [0, 0.1) is 12.7 Å². The monoisotopic (exact) mass is 446 g/mol. The number of amides is 1. The number of ketones is 1. The second kappa shape index (κ2) is 9.24. The van der Waals surface area contributed by atoms with Crippen LogP contribution in [-0.2, 0) is 16.1 Å². The number of Topliss-reactive ketones (excluding diaryl/α,β-unsaturated/α-hetero) is 1. The highest BCUT2D eigenvalue weighted by atomic mass is 19.1. The van der Waals surface area contributed by atoms with E-state index in [-0.39, 0.29) is 23.4 Å². The zero-order valence-electron chi connectivity index (χ0n) is 18.3. The predicted octanol–water partition coefficient (Wildman–Crippen LogP) is 4.55. The van der Waals surface area contributed by atoms with Gasteiger partial charge in [-0.1, -0.05) is 24.3 Å². The molecule has 3 aromatic rings. The fourth-order valence-electron chi connectivity index (χ4n) is 4.06. The van der Waals surface area contributed by atoms with E-state index in [9.17, 15) is 19.1 Å². The number of aliphatic hydroxyl groups excluding tert-OH is 1. The standard InChI is InChI=1S/C26H23FN2O4/c1-3-33-18-10-11-19(16(2)13-18)24(30)22-23(20-8-4-5-9-21(20)27)29(26(32)25(22)31)15-17-7-6-12-28-14-17/h4-14,23,30H,3,15H2,1-2H3/b24-22+. The summed E-state index contributed by atoms with van der Waals surface area (Å²) in [5.74, 6) is -1.98. The van der Waals surface area contributed by atoms with E-state index >= 15 is 0 Å². The minimum atomic E-state index is -1.09. The van der Waals surface area contributed by atoms with Crippen molar-refractivity contribution >= 4 is 17.4 Å². The molecule has 0 aliphatic carbocycles. The van der Waals surface area contributed by atoms with Crippen molar-refractivity contribution in [1.82, 2.24) is 9.88 Å². The van der Waals surface area contributed by atoms with Crippen LogP contribution in [0.3, 0.4) is 0 Å². The SMILES string of the molecule is CCOc1ccc(/C(O)=C2\C(=O)C(=O)N(Cc3cccnc3)C2c2ccccc2F)c(C)c1. The number of nitrogens with zero attached hydrogens (tertiary/aromatic N) is 2. The Morgan fingerprint density at radius 3 is 2.61 bits per heavy atom. The van der Waals surface area contributed by atoms with Gasteiger partial charge >= 0.3 is 0 Å². The van der Waals surface area contributed by atoms with E-state index in [4.69, 9.17) is 4.74 Å². The molecule has 1 N–H and O–H groups in total. The van der Waals surface area contributed by atoms with Gasteiger partial charge in [-0.25, -0.2) is 4.39 Å². The van der Waals surface area contributed by atoms with Crippen molar-refractivity contribution in [2.24, 2.45) is 0 Å². The Morgan fingerprint density at radius 1 is 1.15 bits per heavy atom. The van der Waals surface area contributed by atoms with Gasteiger partial charge in [0, 0.05) is 30.1 Å². The number of carbonyl (C=O) groups is 2. The summed E-state index contributed by atoms with van der Waals surface area (Å²) in [6.45, 7) is 4.15. The average Bonchev–Trinajstić information content (AvgIpc) is 3.05. The Labute approximate surface area is 191 Å². The normalized spacial score (nSPS) is 17.4. The lowest BCUT2D eigenvalue weighted by Crippen LogP contribution is -2.29. The van der Waals surface area contributed by atoms with Gasteiger partial charge in [-0.3, -0.25) is 14.6 Å². The number of hydrogen-bond acceptors (Lipinski definition) is 5. The van der Waals surface area contributed by atoms with Gasteiger partial charge in [0.25, 0.3) is 11.7 Å². The smallest absolute Gasteiger partial charge is 0.295 e. The lowest BCUT2D eigenvalue weighted by molar-refractivity contribution is -0.140. The average molecular weight is 446 g/mol. The second-order valence-electron chi connectivity index (χ2n) is 7.72. The molecule has 4 rings (SSSR count). The summed E-state index contributed by atoms with van der Waals surface area (Å²) < 4.78 is 20.4. The molecule has 1 aliphatic heterocycles. The number of halogens is 1. The number of aliphatic hydroxyl groups is 1. The number of hydrogen-bond donors (Lipinski definition) is 1. The lowest BCUT2D eigenvalue weighted by Gasteiger charge is -2.25. The van der Waals surface area contributed by atoms with Crippen LogP contribution in [0.15, 0.2) is 72.6 Å². The first-order valence-electron chi connectivity index (χ1n) is 10.6. The zero-order valence-corrected chi connectivity index (χ0v) is 18.3. The summed E-state index contributed by atoms with van der Waals surface area (Å²) in [6.07, 6.45) is 3.18. The van der Waals surface area contributed by atoms with E-state index in [1.54, 1.807) is 55.7 Å². The highest BCUT2D eigenvalue weighted by Gasteiger charge is 2.47. The molecule has 0 radical (unpaired) electrons. The fourth-order valence-corrected chi connectivity index (χ4v) is 4.06. The Bertz CT molecular complexity index is 1240. The van der Waals surface area contributed by atoms with E-state index in [0.717, 1.165) is 0 Å². The summed E-state index contributed by atoms with van der Waals surface area (Å²) in [4.78, 5) is 31.5. The molecule has 1 saturated heterocycles. The van der Waals surface area contributed by atoms with Crippen LogP contribution in [0.4, 0.5) is 4.39 Å². The van der Waals surface area contributed by atoms with E-state index in [0.29, 0.717) is 29.0 Å². The molecule has 2 aromatic carbocycles. The Kier molecular flexibility index (Phi) is 6.22. The number of aromatic nitrogens is 1. The van der Waals surface area contributed by atoms with E-state index < -0.39 is 23.5 Å². The van der Waals surface area contributed by atoms with Crippen molar-refractivity contribution in [3.05, 3.63) is 101 Å². The zero-order chi connectivity index (χ0) is 23.5. The van der Waals surface area contributed by atoms with Gasteiger partial charge in [-0.2, -0.15) is 0 Å². The molecule has 2 heterocycles. The van der Waals surface area contributed by atoms with Gasteiger partial charge in [0.15, 0.2) is 0 Å².